The van der Waals surface area contributed by atoms with Crippen molar-refractivity contribution < 1.29 is 4.79 Å². The lowest BCUT2D eigenvalue weighted by molar-refractivity contribution is 0.102. The van der Waals surface area contributed by atoms with Gasteiger partial charge in [0.2, 0.25) is 0 Å². The number of ketones is 1. The fourth-order valence-electron chi connectivity index (χ4n) is 2.52. The fraction of sp³-hybridized carbons (Fsp3) is 0.250. The zero-order valence-corrected chi connectivity index (χ0v) is 11.2. The first kappa shape index (κ1) is 11.9. The van der Waals surface area contributed by atoms with Gasteiger partial charge in [0, 0.05) is 36.8 Å². The molecule has 0 saturated heterocycles. The molecule has 3 nitrogen and oxygen atoms in total. The van der Waals surface area contributed by atoms with Crippen molar-refractivity contribution in [3.63, 3.8) is 0 Å². The lowest BCUT2D eigenvalue weighted by Crippen LogP contribution is -2.18. The average molecular weight is 252 g/mol. The van der Waals surface area contributed by atoms with E-state index in [2.05, 4.69) is 4.98 Å². The largest absolute Gasteiger partial charge is 0.383 e. The number of carbonyl (C=O) groups excluding carboxylic acids is 1. The van der Waals surface area contributed by atoms with Crippen molar-refractivity contribution in [1.82, 2.24) is 9.88 Å². The van der Waals surface area contributed by atoms with Crippen molar-refractivity contribution in [2.24, 2.45) is 0 Å². The molecule has 1 aliphatic carbocycles. The van der Waals surface area contributed by atoms with Gasteiger partial charge in [-0.25, -0.2) is 0 Å². The van der Waals surface area contributed by atoms with E-state index in [9.17, 15) is 4.79 Å². The molecule has 0 atom stereocenters. The maximum absolute atomic E-state index is 12.5. The Morgan fingerprint density at radius 1 is 1.21 bits per heavy atom. The molecule has 1 aromatic carbocycles. The molecular weight excluding hydrogens is 236 g/mol. The number of fused-ring (bicyclic) bond motifs is 2. The van der Waals surface area contributed by atoms with Crippen molar-refractivity contribution in [2.45, 2.75) is 12.8 Å². The molecule has 0 amide bonds. The highest BCUT2D eigenvalue weighted by Crippen LogP contribution is 2.27. The minimum absolute atomic E-state index is 0.119. The predicted molar refractivity (Wildman–Crippen MR) is 76.2 cm³/mol. The molecule has 3 heteroatoms. The number of benzene rings is 1. The van der Waals surface area contributed by atoms with Gasteiger partial charge in [0.15, 0.2) is 5.78 Å². The Morgan fingerprint density at radius 3 is 2.79 bits per heavy atom. The van der Waals surface area contributed by atoms with E-state index in [1.807, 2.05) is 55.5 Å². The molecule has 1 aromatic heterocycles. The molecule has 0 saturated carbocycles. The summed E-state index contributed by atoms with van der Waals surface area (Å²) >= 11 is 0. The van der Waals surface area contributed by atoms with Crippen molar-refractivity contribution in [1.29, 1.82) is 0 Å². The third kappa shape index (κ3) is 2.12. The van der Waals surface area contributed by atoms with Gasteiger partial charge in [0.05, 0.1) is 11.2 Å². The van der Waals surface area contributed by atoms with Crippen LogP contribution in [0.25, 0.3) is 10.9 Å². The van der Waals surface area contributed by atoms with E-state index in [-0.39, 0.29) is 5.78 Å². The van der Waals surface area contributed by atoms with E-state index in [4.69, 9.17) is 0 Å². The Labute approximate surface area is 112 Å². The zero-order valence-electron chi connectivity index (χ0n) is 11.2. The second kappa shape index (κ2) is 4.50. The Morgan fingerprint density at radius 2 is 2.00 bits per heavy atom. The van der Waals surface area contributed by atoms with Crippen LogP contribution in [0.3, 0.4) is 0 Å². The van der Waals surface area contributed by atoms with E-state index in [0.717, 1.165) is 40.6 Å². The number of hydrogen-bond acceptors (Lipinski definition) is 3. The Bertz CT molecular complexity index is 686. The van der Waals surface area contributed by atoms with Gasteiger partial charge < -0.3 is 4.90 Å². The highest BCUT2D eigenvalue weighted by molar-refractivity contribution is 6.11. The van der Waals surface area contributed by atoms with Crippen LogP contribution in [0.4, 0.5) is 0 Å². The number of Topliss-reactive ketones (excluding diaryl/α,β-unsaturated/α-hetero) is 1. The van der Waals surface area contributed by atoms with Gasteiger partial charge in [-0.2, -0.15) is 0 Å². The predicted octanol–water partition coefficient (Wildman–Crippen LogP) is 2.81. The third-order valence-corrected chi connectivity index (χ3v) is 3.38. The molecule has 0 fully saturated rings. The summed E-state index contributed by atoms with van der Waals surface area (Å²) in [5.74, 6) is 0.119. The summed E-state index contributed by atoms with van der Waals surface area (Å²) in [6, 6.07) is 9.91. The second-order valence-corrected chi connectivity index (χ2v) is 5.12. The summed E-state index contributed by atoms with van der Waals surface area (Å²) in [6.45, 7) is 0. The number of allylic oxidation sites excluding steroid dienone is 1. The highest BCUT2D eigenvalue weighted by Gasteiger charge is 2.23. The number of aromatic nitrogens is 1. The van der Waals surface area contributed by atoms with E-state index in [1.54, 1.807) is 0 Å². The van der Waals surface area contributed by atoms with Crippen LogP contribution in [0.1, 0.15) is 22.5 Å². The minimum atomic E-state index is 0.119. The Kier molecular flexibility index (Phi) is 2.82. The molecule has 0 bridgehead atoms. The van der Waals surface area contributed by atoms with E-state index >= 15 is 0 Å². The van der Waals surface area contributed by atoms with Crippen LogP contribution < -0.4 is 0 Å². The van der Waals surface area contributed by atoms with Crippen LogP contribution in [0, 0.1) is 0 Å². The number of aryl methyl sites for hydroxylation is 1. The first-order valence-corrected chi connectivity index (χ1v) is 6.45. The Balaban J connectivity index is 2.13. The molecule has 2 aromatic rings. The van der Waals surface area contributed by atoms with Gasteiger partial charge in [-0.15, -0.1) is 0 Å². The van der Waals surface area contributed by atoms with Crippen LogP contribution in [0.5, 0.6) is 0 Å². The van der Waals surface area contributed by atoms with Gasteiger partial charge in [-0.3, -0.25) is 9.78 Å². The molecule has 1 aliphatic rings. The molecule has 3 rings (SSSR count). The number of rotatable bonds is 1. The molecule has 1 heterocycles. The van der Waals surface area contributed by atoms with E-state index in [1.165, 1.54) is 0 Å². The lowest BCUT2D eigenvalue weighted by Gasteiger charge is -2.19. The second-order valence-electron chi connectivity index (χ2n) is 5.12. The summed E-state index contributed by atoms with van der Waals surface area (Å²) in [4.78, 5) is 19.0. The number of pyridine rings is 1. The number of carbonyl (C=O) groups is 1. The van der Waals surface area contributed by atoms with Crippen LogP contribution in [-0.2, 0) is 6.42 Å². The van der Waals surface area contributed by atoms with E-state index < -0.39 is 0 Å². The van der Waals surface area contributed by atoms with Crippen molar-refractivity contribution >= 4 is 16.7 Å². The van der Waals surface area contributed by atoms with Crippen molar-refractivity contribution in [3.05, 3.63) is 53.4 Å². The van der Waals surface area contributed by atoms with Gasteiger partial charge in [-0.1, -0.05) is 18.2 Å². The van der Waals surface area contributed by atoms with Crippen molar-refractivity contribution in [2.75, 3.05) is 14.1 Å². The van der Waals surface area contributed by atoms with Crippen LogP contribution in [0.2, 0.25) is 0 Å². The first-order valence-electron chi connectivity index (χ1n) is 6.45. The third-order valence-electron chi connectivity index (χ3n) is 3.38. The highest BCUT2D eigenvalue weighted by atomic mass is 16.1. The smallest absolute Gasteiger partial charge is 0.192 e. The zero-order chi connectivity index (χ0) is 13.4. The fourth-order valence-corrected chi connectivity index (χ4v) is 2.52. The summed E-state index contributed by atoms with van der Waals surface area (Å²) in [6.07, 6.45) is 3.53. The maximum Gasteiger partial charge on any atom is 0.192 e. The van der Waals surface area contributed by atoms with Gasteiger partial charge in [0.25, 0.3) is 0 Å². The minimum Gasteiger partial charge on any atom is -0.383 e. The summed E-state index contributed by atoms with van der Waals surface area (Å²) in [5.41, 5.74) is 3.53. The summed E-state index contributed by atoms with van der Waals surface area (Å²) in [7, 11) is 3.88. The monoisotopic (exact) mass is 252 g/mol. The quantitative estimate of drug-likeness (QED) is 0.732. The molecule has 0 N–H and O–H groups in total. The molecule has 19 heavy (non-hydrogen) atoms. The van der Waals surface area contributed by atoms with Crippen molar-refractivity contribution in [3.8, 4) is 0 Å². The SMILES string of the molecule is CN(C)/C=C1\CCc2nc3ccccc3cc2C1=O. The molecule has 0 radical (unpaired) electrons. The lowest BCUT2D eigenvalue weighted by atomic mass is 9.89. The first-order chi connectivity index (χ1) is 9.15. The molecule has 0 aliphatic heterocycles. The van der Waals surface area contributed by atoms with Crippen LogP contribution in [-0.4, -0.2) is 29.8 Å². The standard InChI is InChI=1S/C16H16N2O/c1-18(2)10-12-7-8-15-13(16(12)19)9-11-5-3-4-6-14(11)17-15/h3-6,9-10H,7-8H2,1-2H3/b12-10+. The van der Waals surface area contributed by atoms with Gasteiger partial charge in [-0.05, 0) is 25.0 Å². The summed E-state index contributed by atoms with van der Waals surface area (Å²) < 4.78 is 0. The Hall–Kier alpha value is -2.16. The van der Waals surface area contributed by atoms with Crippen LogP contribution >= 0.6 is 0 Å². The molecule has 0 spiro atoms. The molecule has 96 valence electrons. The average Bonchev–Trinajstić information content (AvgIpc) is 2.40. The molecular formula is C16H16N2O. The number of para-hydroxylation sites is 1. The van der Waals surface area contributed by atoms with Gasteiger partial charge >= 0.3 is 0 Å². The summed E-state index contributed by atoms with van der Waals surface area (Å²) in [5, 5.41) is 1.03. The number of hydrogen-bond donors (Lipinski definition) is 0. The maximum atomic E-state index is 12.5. The van der Waals surface area contributed by atoms with Gasteiger partial charge in [0.1, 0.15) is 0 Å². The van der Waals surface area contributed by atoms with E-state index in [0.29, 0.717) is 0 Å². The van der Waals surface area contributed by atoms with Crippen LogP contribution in [0.15, 0.2) is 42.1 Å². The topological polar surface area (TPSA) is 33.2 Å². The molecule has 0 unspecified atom stereocenters. The normalized spacial score (nSPS) is 16.7. The number of nitrogens with zero attached hydrogens (tertiary/aromatic N) is 2.